The Morgan fingerprint density at radius 1 is 1.25 bits per heavy atom. The third-order valence-electron chi connectivity index (χ3n) is 4.13. The molecule has 2 unspecified atom stereocenters. The standard InChI is InChI=1S/C15H18N2O2S/c1-10-14(18)16-8-4-7-13(16)15(19)17(10)11-5-3-6-12(9-11)20-2/h3,5-6,9-10,13H,4,7-8H2,1-2H3. The second-order valence-corrected chi connectivity index (χ2v) is 6.16. The first-order valence-corrected chi connectivity index (χ1v) is 8.13. The quantitative estimate of drug-likeness (QED) is 0.784. The van der Waals surface area contributed by atoms with Crippen LogP contribution in [0.3, 0.4) is 0 Å². The highest BCUT2D eigenvalue weighted by Crippen LogP contribution is 2.32. The number of carbonyl (C=O) groups excluding carboxylic acids is 2. The number of amides is 2. The molecule has 0 bridgehead atoms. The number of nitrogens with zero attached hydrogens (tertiary/aromatic N) is 2. The summed E-state index contributed by atoms with van der Waals surface area (Å²) in [5.74, 6) is 0.134. The van der Waals surface area contributed by atoms with Crippen LogP contribution in [0.15, 0.2) is 29.2 Å². The van der Waals surface area contributed by atoms with Gasteiger partial charge >= 0.3 is 0 Å². The zero-order valence-electron chi connectivity index (χ0n) is 11.7. The first kappa shape index (κ1) is 13.5. The first-order valence-electron chi connectivity index (χ1n) is 6.91. The molecule has 1 aromatic rings. The molecule has 2 aliphatic rings. The minimum Gasteiger partial charge on any atom is -0.329 e. The van der Waals surface area contributed by atoms with E-state index >= 15 is 0 Å². The number of thioether (sulfide) groups is 1. The van der Waals surface area contributed by atoms with E-state index in [4.69, 9.17) is 0 Å². The molecule has 2 saturated heterocycles. The van der Waals surface area contributed by atoms with E-state index in [-0.39, 0.29) is 17.9 Å². The lowest BCUT2D eigenvalue weighted by Gasteiger charge is -2.40. The largest absolute Gasteiger partial charge is 0.329 e. The Morgan fingerprint density at radius 2 is 2.05 bits per heavy atom. The van der Waals surface area contributed by atoms with Gasteiger partial charge in [0.15, 0.2) is 0 Å². The fourth-order valence-corrected chi connectivity index (χ4v) is 3.55. The first-order chi connectivity index (χ1) is 9.63. The van der Waals surface area contributed by atoms with E-state index in [1.54, 1.807) is 21.6 Å². The van der Waals surface area contributed by atoms with Crippen LogP contribution in [-0.2, 0) is 9.59 Å². The van der Waals surface area contributed by atoms with Gasteiger partial charge in [-0.15, -0.1) is 11.8 Å². The van der Waals surface area contributed by atoms with Gasteiger partial charge in [0, 0.05) is 17.1 Å². The number of piperazine rings is 1. The molecule has 2 fully saturated rings. The van der Waals surface area contributed by atoms with Crippen LogP contribution in [-0.4, -0.2) is 41.6 Å². The van der Waals surface area contributed by atoms with Crippen molar-refractivity contribution in [3.63, 3.8) is 0 Å². The van der Waals surface area contributed by atoms with Crippen molar-refractivity contribution < 1.29 is 9.59 Å². The van der Waals surface area contributed by atoms with Crippen molar-refractivity contribution in [2.24, 2.45) is 0 Å². The summed E-state index contributed by atoms with van der Waals surface area (Å²) < 4.78 is 0. The van der Waals surface area contributed by atoms with Gasteiger partial charge in [-0.2, -0.15) is 0 Å². The van der Waals surface area contributed by atoms with Crippen LogP contribution in [0.4, 0.5) is 5.69 Å². The zero-order valence-corrected chi connectivity index (χ0v) is 12.5. The molecule has 0 aliphatic carbocycles. The third-order valence-corrected chi connectivity index (χ3v) is 4.86. The summed E-state index contributed by atoms with van der Waals surface area (Å²) >= 11 is 1.64. The van der Waals surface area contributed by atoms with Crippen LogP contribution >= 0.6 is 11.8 Å². The third kappa shape index (κ3) is 2.00. The summed E-state index contributed by atoms with van der Waals surface area (Å²) in [6.07, 6.45) is 3.72. The maximum atomic E-state index is 12.7. The molecule has 2 atom stereocenters. The molecule has 0 saturated carbocycles. The van der Waals surface area contributed by atoms with Crippen molar-refractivity contribution in [3.05, 3.63) is 24.3 Å². The molecule has 2 aliphatic heterocycles. The smallest absolute Gasteiger partial charge is 0.250 e. The fourth-order valence-electron chi connectivity index (χ4n) is 3.10. The van der Waals surface area contributed by atoms with Crippen molar-refractivity contribution in [1.82, 2.24) is 4.90 Å². The Bertz CT molecular complexity index is 561. The highest BCUT2D eigenvalue weighted by molar-refractivity contribution is 7.98. The zero-order chi connectivity index (χ0) is 14.3. The lowest BCUT2D eigenvalue weighted by molar-refractivity contribution is -0.143. The Labute approximate surface area is 123 Å². The summed E-state index contributed by atoms with van der Waals surface area (Å²) in [5, 5.41) is 0. The van der Waals surface area contributed by atoms with Crippen LogP contribution < -0.4 is 4.90 Å². The monoisotopic (exact) mass is 290 g/mol. The lowest BCUT2D eigenvalue weighted by atomic mass is 10.1. The van der Waals surface area contributed by atoms with Crippen LogP contribution in [0, 0.1) is 0 Å². The van der Waals surface area contributed by atoms with Gasteiger partial charge in [-0.1, -0.05) is 6.07 Å². The molecule has 1 aromatic carbocycles. The number of hydrogen-bond acceptors (Lipinski definition) is 3. The molecular formula is C15H18N2O2S. The second kappa shape index (κ2) is 5.13. The predicted octanol–water partition coefficient (Wildman–Crippen LogP) is 2.13. The second-order valence-electron chi connectivity index (χ2n) is 5.28. The minimum absolute atomic E-state index is 0.0628. The molecule has 2 amide bonds. The molecule has 0 spiro atoms. The van der Waals surface area contributed by atoms with E-state index in [0.29, 0.717) is 0 Å². The normalized spacial score (nSPS) is 26.1. The average molecular weight is 290 g/mol. The molecule has 0 aromatic heterocycles. The van der Waals surface area contributed by atoms with Crippen molar-refractivity contribution in [2.75, 3.05) is 17.7 Å². The van der Waals surface area contributed by atoms with Crippen molar-refractivity contribution in [1.29, 1.82) is 0 Å². The van der Waals surface area contributed by atoms with Crippen molar-refractivity contribution in [3.8, 4) is 0 Å². The molecule has 3 rings (SSSR count). The van der Waals surface area contributed by atoms with E-state index in [1.165, 1.54) is 0 Å². The summed E-state index contributed by atoms with van der Waals surface area (Å²) in [4.78, 5) is 29.6. The van der Waals surface area contributed by atoms with Crippen molar-refractivity contribution in [2.45, 2.75) is 36.7 Å². The Balaban J connectivity index is 1.98. The van der Waals surface area contributed by atoms with Gasteiger partial charge in [0.1, 0.15) is 12.1 Å². The highest BCUT2D eigenvalue weighted by atomic mass is 32.2. The van der Waals surface area contributed by atoms with Crippen LogP contribution in [0.1, 0.15) is 19.8 Å². The SMILES string of the molecule is CSc1cccc(N2C(=O)C3CCCN3C(=O)C2C)c1. The maximum absolute atomic E-state index is 12.7. The number of anilines is 1. The molecule has 106 valence electrons. The highest BCUT2D eigenvalue weighted by Gasteiger charge is 2.46. The minimum atomic E-state index is -0.408. The Kier molecular flexibility index (Phi) is 3.46. The van der Waals surface area contributed by atoms with Crippen LogP contribution in [0.25, 0.3) is 0 Å². The number of hydrogen-bond donors (Lipinski definition) is 0. The number of carbonyl (C=O) groups is 2. The van der Waals surface area contributed by atoms with Crippen molar-refractivity contribution >= 4 is 29.3 Å². The van der Waals surface area contributed by atoms with Gasteiger partial charge in [-0.25, -0.2) is 0 Å². The van der Waals surface area contributed by atoms with E-state index in [2.05, 4.69) is 0 Å². The topological polar surface area (TPSA) is 40.6 Å². The maximum Gasteiger partial charge on any atom is 0.250 e. The summed E-state index contributed by atoms with van der Waals surface area (Å²) in [6.45, 7) is 2.54. The van der Waals surface area contributed by atoms with Gasteiger partial charge in [-0.3, -0.25) is 14.5 Å². The Morgan fingerprint density at radius 3 is 2.80 bits per heavy atom. The molecule has 4 nitrogen and oxygen atoms in total. The van der Waals surface area contributed by atoms with Gasteiger partial charge in [-0.05, 0) is 44.2 Å². The van der Waals surface area contributed by atoms with Gasteiger partial charge in [0.05, 0.1) is 0 Å². The van der Waals surface area contributed by atoms with E-state index < -0.39 is 6.04 Å². The Hall–Kier alpha value is -1.49. The van der Waals surface area contributed by atoms with Gasteiger partial charge < -0.3 is 4.90 Å². The summed E-state index contributed by atoms with van der Waals surface area (Å²) in [5.41, 5.74) is 0.828. The molecular weight excluding hydrogens is 272 g/mol. The van der Waals surface area contributed by atoms with E-state index in [1.807, 2.05) is 37.4 Å². The summed E-state index contributed by atoms with van der Waals surface area (Å²) in [6, 6.07) is 7.18. The number of benzene rings is 1. The van der Waals surface area contributed by atoms with Crippen LogP contribution in [0.5, 0.6) is 0 Å². The van der Waals surface area contributed by atoms with E-state index in [0.717, 1.165) is 30.0 Å². The lowest BCUT2D eigenvalue weighted by Crippen LogP contribution is -2.62. The van der Waals surface area contributed by atoms with E-state index in [9.17, 15) is 9.59 Å². The van der Waals surface area contributed by atoms with Gasteiger partial charge in [0.2, 0.25) is 5.91 Å². The molecule has 20 heavy (non-hydrogen) atoms. The molecule has 5 heteroatoms. The molecule has 0 radical (unpaired) electrons. The average Bonchev–Trinajstić information content (AvgIpc) is 2.95. The summed E-state index contributed by atoms with van der Waals surface area (Å²) in [7, 11) is 0. The number of rotatable bonds is 2. The van der Waals surface area contributed by atoms with Crippen LogP contribution in [0.2, 0.25) is 0 Å². The van der Waals surface area contributed by atoms with Gasteiger partial charge in [0.25, 0.3) is 5.91 Å². The fraction of sp³-hybridized carbons (Fsp3) is 0.467. The molecule has 0 N–H and O–H groups in total. The molecule has 2 heterocycles. The number of fused-ring (bicyclic) bond motifs is 1. The predicted molar refractivity (Wildman–Crippen MR) is 79.9 cm³/mol.